The van der Waals surface area contributed by atoms with Gasteiger partial charge in [-0.15, -0.1) is 0 Å². The summed E-state index contributed by atoms with van der Waals surface area (Å²) >= 11 is 0. The van der Waals surface area contributed by atoms with Crippen LogP contribution in [0.25, 0.3) is 0 Å². The number of nitrogens with one attached hydrogen (secondary N) is 1. The molecule has 2 heterocycles. The van der Waals surface area contributed by atoms with Crippen molar-refractivity contribution in [2.24, 2.45) is 5.92 Å². The number of piperidine rings is 1. The van der Waals surface area contributed by atoms with E-state index in [9.17, 15) is 4.39 Å². The van der Waals surface area contributed by atoms with Crippen LogP contribution >= 0.6 is 0 Å². The van der Waals surface area contributed by atoms with E-state index in [2.05, 4.69) is 17.3 Å². The van der Waals surface area contributed by atoms with Gasteiger partial charge in [-0.05, 0) is 56.6 Å². The average molecular weight is 234 g/mol. The fourth-order valence-corrected chi connectivity index (χ4v) is 3.19. The monoisotopic (exact) mass is 234 g/mol. The molecule has 1 unspecified atom stereocenters. The molecule has 1 fully saturated rings. The summed E-state index contributed by atoms with van der Waals surface area (Å²) in [6, 6.07) is 5.19. The maximum Gasteiger partial charge on any atom is 0.125 e. The summed E-state index contributed by atoms with van der Waals surface area (Å²) in [5, 5.41) is 3.35. The number of hydrogen-bond donors (Lipinski definition) is 1. The van der Waals surface area contributed by atoms with Gasteiger partial charge >= 0.3 is 0 Å². The third kappa shape index (κ3) is 2.04. The van der Waals surface area contributed by atoms with Crippen LogP contribution in [0.4, 0.5) is 10.1 Å². The summed E-state index contributed by atoms with van der Waals surface area (Å²) in [5.74, 6) is 1.20. The molecule has 1 aromatic carbocycles. The Labute approximate surface area is 102 Å². The van der Waals surface area contributed by atoms with E-state index >= 15 is 0 Å². The van der Waals surface area contributed by atoms with Crippen LogP contribution in [0.15, 0.2) is 18.2 Å². The molecule has 0 aromatic heterocycles. The average Bonchev–Trinajstić information content (AvgIpc) is 2.73. The van der Waals surface area contributed by atoms with Gasteiger partial charge in [-0.25, -0.2) is 4.39 Å². The highest BCUT2D eigenvalue weighted by Crippen LogP contribution is 2.40. The topological polar surface area (TPSA) is 15.3 Å². The standard InChI is InChI=1S/C14H19FN2/c1-17-6-4-10(5-7-17)13-9-16-14-8-11(15)2-3-12(13)14/h2-3,8,10,13,16H,4-7,9H2,1H3. The molecule has 0 bridgehead atoms. The molecule has 0 spiro atoms. The highest BCUT2D eigenvalue weighted by Gasteiger charge is 2.31. The van der Waals surface area contributed by atoms with Gasteiger partial charge in [0.25, 0.3) is 0 Å². The third-order valence-corrected chi connectivity index (χ3v) is 4.26. The summed E-state index contributed by atoms with van der Waals surface area (Å²) in [7, 11) is 2.19. The molecule has 2 aliphatic heterocycles. The number of rotatable bonds is 1. The summed E-state index contributed by atoms with van der Waals surface area (Å²) < 4.78 is 13.1. The SMILES string of the molecule is CN1CCC(C2CNc3cc(F)ccc32)CC1. The molecule has 2 nitrogen and oxygen atoms in total. The molecule has 92 valence electrons. The highest BCUT2D eigenvalue weighted by molar-refractivity contribution is 5.58. The second-order valence-electron chi connectivity index (χ2n) is 5.36. The van der Waals surface area contributed by atoms with Crippen molar-refractivity contribution >= 4 is 5.69 Å². The van der Waals surface area contributed by atoms with Gasteiger partial charge in [0.2, 0.25) is 0 Å². The number of benzene rings is 1. The Morgan fingerprint density at radius 2 is 2.06 bits per heavy atom. The molecule has 0 amide bonds. The molecular formula is C14H19FN2. The lowest BCUT2D eigenvalue weighted by Gasteiger charge is -2.32. The van der Waals surface area contributed by atoms with Gasteiger partial charge in [0.15, 0.2) is 0 Å². The lowest BCUT2D eigenvalue weighted by atomic mass is 9.81. The van der Waals surface area contributed by atoms with Crippen molar-refractivity contribution in [2.75, 3.05) is 32.0 Å². The Balaban J connectivity index is 1.79. The van der Waals surface area contributed by atoms with E-state index in [0.717, 1.165) is 18.2 Å². The molecule has 0 radical (unpaired) electrons. The number of anilines is 1. The fraction of sp³-hybridized carbons (Fsp3) is 0.571. The van der Waals surface area contributed by atoms with Crippen molar-refractivity contribution in [3.8, 4) is 0 Å². The van der Waals surface area contributed by atoms with Gasteiger partial charge in [-0.3, -0.25) is 0 Å². The van der Waals surface area contributed by atoms with Crippen LogP contribution in [0.5, 0.6) is 0 Å². The maximum absolute atomic E-state index is 13.1. The first-order valence-electron chi connectivity index (χ1n) is 6.46. The van der Waals surface area contributed by atoms with E-state index in [0.29, 0.717) is 5.92 Å². The van der Waals surface area contributed by atoms with E-state index in [1.165, 1.54) is 31.5 Å². The lowest BCUT2D eigenvalue weighted by Crippen LogP contribution is -2.33. The van der Waals surface area contributed by atoms with E-state index in [1.54, 1.807) is 12.1 Å². The van der Waals surface area contributed by atoms with Gasteiger partial charge in [-0.2, -0.15) is 0 Å². The van der Waals surface area contributed by atoms with E-state index in [-0.39, 0.29) is 5.82 Å². The molecule has 17 heavy (non-hydrogen) atoms. The highest BCUT2D eigenvalue weighted by atomic mass is 19.1. The molecule has 1 atom stereocenters. The van der Waals surface area contributed by atoms with Gasteiger partial charge in [0.1, 0.15) is 5.82 Å². The van der Waals surface area contributed by atoms with Gasteiger partial charge in [-0.1, -0.05) is 6.07 Å². The molecule has 0 aliphatic carbocycles. The van der Waals surface area contributed by atoms with Gasteiger partial charge in [0, 0.05) is 18.2 Å². The van der Waals surface area contributed by atoms with Crippen molar-refractivity contribution in [3.63, 3.8) is 0 Å². The van der Waals surface area contributed by atoms with Crippen molar-refractivity contribution in [2.45, 2.75) is 18.8 Å². The number of likely N-dealkylation sites (tertiary alicyclic amines) is 1. The quantitative estimate of drug-likeness (QED) is 0.803. The summed E-state index contributed by atoms with van der Waals surface area (Å²) in [6.45, 7) is 3.36. The van der Waals surface area contributed by atoms with Crippen LogP contribution in [0.1, 0.15) is 24.3 Å². The molecule has 1 N–H and O–H groups in total. The van der Waals surface area contributed by atoms with E-state index in [4.69, 9.17) is 0 Å². The first-order chi connectivity index (χ1) is 8.24. The van der Waals surface area contributed by atoms with Crippen LogP contribution in [-0.4, -0.2) is 31.6 Å². The van der Waals surface area contributed by atoms with Gasteiger partial charge < -0.3 is 10.2 Å². The van der Waals surface area contributed by atoms with Crippen LogP contribution in [0, 0.1) is 11.7 Å². The largest absolute Gasteiger partial charge is 0.384 e. The van der Waals surface area contributed by atoms with E-state index < -0.39 is 0 Å². The smallest absolute Gasteiger partial charge is 0.125 e. The Morgan fingerprint density at radius 1 is 1.29 bits per heavy atom. The van der Waals surface area contributed by atoms with Crippen LogP contribution in [-0.2, 0) is 0 Å². The van der Waals surface area contributed by atoms with Gasteiger partial charge in [0.05, 0.1) is 0 Å². The molecule has 3 rings (SSSR count). The molecular weight excluding hydrogens is 215 g/mol. The minimum Gasteiger partial charge on any atom is -0.384 e. The summed E-state index contributed by atoms with van der Waals surface area (Å²) in [4.78, 5) is 2.39. The van der Waals surface area contributed by atoms with Crippen molar-refractivity contribution in [3.05, 3.63) is 29.6 Å². The summed E-state index contributed by atoms with van der Waals surface area (Å²) in [6.07, 6.45) is 2.53. The first-order valence-corrected chi connectivity index (χ1v) is 6.46. The predicted molar refractivity (Wildman–Crippen MR) is 67.9 cm³/mol. The maximum atomic E-state index is 13.1. The zero-order chi connectivity index (χ0) is 11.8. The third-order valence-electron chi connectivity index (χ3n) is 4.26. The number of hydrogen-bond acceptors (Lipinski definition) is 2. The van der Waals surface area contributed by atoms with Crippen LogP contribution in [0.3, 0.4) is 0 Å². The predicted octanol–water partition coefficient (Wildman–Crippen LogP) is 2.68. The minimum absolute atomic E-state index is 0.139. The minimum atomic E-state index is -0.139. The Kier molecular flexibility index (Phi) is 2.79. The van der Waals surface area contributed by atoms with Crippen LogP contribution < -0.4 is 5.32 Å². The van der Waals surface area contributed by atoms with Crippen LogP contribution in [0.2, 0.25) is 0 Å². The fourth-order valence-electron chi connectivity index (χ4n) is 3.19. The molecule has 0 saturated carbocycles. The summed E-state index contributed by atoms with van der Waals surface area (Å²) in [5.41, 5.74) is 2.33. The van der Waals surface area contributed by atoms with E-state index in [1.807, 2.05) is 6.07 Å². The zero-order valence-electron chi connectivity index (χ0n) is 10.2. The molecule has 3 heteroatoms. The lowest BCUT2D eigenvalue weighted by molar-refractivity contribution is 0.202. The Morgan fingerprint density at radius 3 is 2.82 bits per heavy atom. The Hall–Kier alpha value is -1.09. The molecule has 2 aliphatic rings. The zero-order valence-corrected chi connectivity index (χ0v) is 10.2. The molecule has 1 aromatic rings. The first kappa shape index (κ1) is 11.0. The number of fused-ring (bicyclic) bond motifs is 1. The second kappa shape index (κ2) is 4.30. The van der Waals surface area contributed by atoms with Crippen molar-refractivity contribution < 1.29 is 4.39 Å². The molecule has 1 saturated heterocycles. The normalized spacial score (nSPS) is 25.6. The second-order valence-corrected chi connectivity index (χ2v) is 5.36. The number of halogens is 1. The van der Waals surface area contributed by atoms with Crippen molar-refractivity contribution in [1.29, 1.82) is 0 Å². The van der Waals surface area contributed by atoms with Crippen molar-refractivity contribution in [1.82, 2.24) is 4.90 Å². The Bertz CT molecular complexity index is 411. The number of nitrogens with zero attached hydrogens (tertiary/aromatic N) is 1.